The lowest BCUT2D eigenvalue weighted by Gasteiger charge is -2.38. The van der Waals surface area contributed by atoms with E-state index in [2.05, 4.69) is 34.3 Å². The van der Waals surface area contributed by atoms with Crippen molar-refractivity contribution in [3.63, 3.8) is 0 Å². The van der Waals surface area contributed by atoms with Crippen LogP contribution in [-0.2, 0) is 6.54 Å². The minimum atomic E-state index is 0.234. The molecule has 1 aromatic heterocycles. The molecule has 0 aromatic carbocycles. The SMILES string of the molecule is CC1(C)CN(Cc2ccn[nH]2)CCN1. The zero-order chi connectivity index (χ0) is 10.0. The van der Waals surface area contributed by atoms with Crippen molar-refractivity contribution in [1.82, 2.24) is 20.4 Å². The van der Waals surface area contributed by atoms with Gasteiger partial charge in [0.05, 0.1) is 0 Å². The summed E-state index contributed by atoms with van der Waals surface area (Å²) in [5.74, 6) is 0. The van der Waals surface area contributed by atoms with E-state index in [1.54, 1.807) is 0 Å². The highest BCUT2D eigenvalue weighted by Gasteiger charge is 2.25. The van der Waals surface area contributed by atoms with Gasteiger partial charge in [-0.25, -0.2) is 0 Å². The average molecular weight is 194 g/mol. The highest BCUT2D eigenvalue weighted by molar-refractivity contribution is 4.98. The van der Waals surface area contributed by atoms with Gasteiger partial charge in [0.1, 0.15) is 0 Å². The quantitative estimate of drug-likeness (QED) is 0.724. The van der Waals surface area contributed by atoms with Gasteiger partial charge in [-0.3, -0.25) is 10.00 Å². The van der Waals surface area contributed by atoms with Crippen LogP contribution < -0.4 is 5.32 Å². The molecule has 2 N–H and O–H groups in total. The van der Waals surface area contributed by atoms with E-state index in [0.29, 0.717) is 0 Å². The summed E-state index contributed by atoms with van der Waals surface area (Å²) in [6.07, 6.45) is 1.81. The maximum Gasteiger partial charge on any atom is 0.0492 e. The van der Waals surface area contributed by atoms with Crippen molar-refractivity contribution in [2.24, 2.45) is 0 Å². The molecule has 1 aliphatic heterocycles. The van der Waals surface area contributed by atoms with Crippen LogP contribution in [0.15, 0.2) is 12.3 Å². The third kappa shape index (κ3) is 2.33. The van der Waals surface area contributed by atoms with Gasteiger partial charge in [0.2, 0.25) is 0 Å². The zero-order valence-corrected chi connectivity index (χ0v) is 8.88. The topological polar surface area (TPSA) is 44.0 Å². The number of piperazine rings is 1. The van der Waals surface area contributed by atoms with Crippen LogP contribution in [0.2, 0.25) is 0 Å². The van der Waals surface area contributed by atoms with Crippen molar-refractivity contribution in [3.05, 3.63) is 18.0 Å². The molecule has 0 bridgehead atoms. The lowest BCUT2D eigenvalue weighted by Crippen LogP contribution is -2.56. The molecule has 1 aromatic rings. The van der Waals surface area contributed by atoms with Crippen LogP contribution in [-0.4, -0.2) is 40.3 Å². The van der Waals surface area contributed by atoms with Crippen molar-refractivity contribution in [1.29, 1.82) is 0 Å². The van der Waals surface area contributed by atoms with Crippen molar-refractivity contribution >= 4 is 0 Å². The predicted molar refractivity (Wildman–Crippen MR) is 55.9 cm³/mol. The molecule has 78 valence electrons. The summed E-state index contributed by atoms with van der Waals surface area (Å²) in [4.78, 5) is 2.45. The number of rotatable bonds is 2. The Bertz CT molecular complexity index is 278. The average Bonchev–Trinajstić information content (AvgIpc) is 2.54. The zero-order valence-electron chi connectivity index (χ0n) is 8.88. The lowest BCUT2D eigenvalue weighted by atomic mass is 10.0. The summed E-state index contributed by atoms with van der Waals surface area (Å²) in [6.45, 7) is 8.74. The fourth-order valence-corrected chi connectivity index (χ4v) is 1.99. The molecule has 0 radical (unpaired) electrons. The highest BCUT2D eigenvalue weighted by atomic mass is 15.2. The second kappa shape index (κ2) is 3.71. The molecule has 0 atom stereocenters. The fraction of sp³-hybridized carbons (Fsp3) is 0.700. The van der Waals surface area contributed by atoms with Crippen molar-refractivity contribution in [3.8, 4) is 0 Å². The van der Waals surface area contributed by atoms with E-state index >= 15 is 0 Å². The van der Waals surface area contributed by atoms with Gasteiger partial charge in [-0.1, -0.05) is 0 Å². The Labute approximate surface area is 84.7 Å². The van der Waals surface area contributed by atoms with E-state index in [1.807, 2.05) is 12.3 Å². The molecule has 4 heteroatoms. The Hall–Kier alpha value is -0.870. The van der Waals surface area contributed by atoms with E-state index in [0.717, 1.165) is 26.2 Å². The van der Waals surface area contributed by atoms with E-state index < -0.39 is 0 Å². The summed E-state index contributed by atoms with van der Waals surface area (Å²) >= 11 is 0. The first kappa shape index (κ1) is 9.68. The first-order chi connectivity index (χ1) is 6.66. The van der Waals surface area contributed by atoms with Gasteiger partial charge >= 0.3 is 0 Å². The molecule has 14 heavy (non-hydrogen) atoms. The molecule has 2 rings (SSSR count). The summed E-state index contributed by atoms with van der Waals surface area (Å²) in [6, 6.07) is 2.04. The third-order valence-corrected chi connectivity index (χ3v) is 2.60. The van der Waals surface area contributed by atoms with Crippen LogP contribution in [0.3, 0.4) is 0 Å². The lowest BCUT2D eigenvalue weighted by molar-refractivity contribution is 0.147. The summed E-state index contributed by atoms with van der Waals surface area (Å²) in [5.41, 5.74) is 1.43. The molecule has 1 saturated heterocycles. The molecule has 0 saturated carbocycles. The number of aromatic nitrogens is 2. The molecular formula is C10H18N4. The number of aromatic amines is 1. The fourth-order valence-electron chi connectivity index (χ4n) is 1.99. The van der Waals surface area contributed by atoms with E-state index in [-0.39, 0.29) is 5.54 Å². The van der Waals surface area contributed by atoms with E-state index in [4.69, 9.17) is 0 Å². The minimum absolute atomic E-state index is 0.234. The number of nitrogens with zero attached hydrogens (tertiary/aromatic N) is 2. The normalized spacial score (nSPS) is 22.4. The maximum atomic E-state index is 3.96. The van der Waals surface area contributed by atoms with Crippen molar-refractivity contribution < 1.29 is 0 Å². The Morgan fingerprint density at radius 2 is 2.43 bits per heavy atom. The first-order valence-corrected chi connectivity index (χ1v) is 5.11. The van der Waals surface area contributed by atoms with Gasteiger partial charge in [0.15, 0.2) is 0 Å². The van der Waals surface area contributed by atoms with Crippen LogP contribution in [0.4, 0.5) is 0 Å². The molecule has 0 aliphatic carbocycles. The van der Waals surface area contributed by atoms with Gasteiger partial charge in [0.25, 0.3) is 0 Å². The molecule has 1 aliphatic rings. The molecule has 0 unspecified atom stereocenters. The Morgan fingerprint density at radius 1 is 1.57 bits per heavy atom. The third-order valence-electron chi connectivity index (χ3n) is 2.60. The Balaban J connectivity index is 1.92. The Morgan fingerprint density at radius 3 is 3.07 bits per heavy atom. The smallest absolute Gasteiger partial charge is 0.0492 e. The minimum Gasteiger partial charge on any atom is -0.309 e. The molecule has 0 amide bonds. The van der Waals surface area contributed by atoms with Crippen LogP contribution in [0.1, 0.15) is 19.5 Å². The van der Waals surface area contributed by atoms with Gasteiger partial charge in [-0.15, -0.1) is 0 Å². The number of H-pyrrole nitrogens is 1. The largest absolute Gasteiger partial charge is 0.309 e. The van der Waals surface area contributed by atoms with Crippen molar-refractivity contribution in [2.45, 2.75) is 25.9 Å². The standard InChI is InChI=1S/C10H18N4/c1-10(2)8-14(6-5-11-10)7-9-3-4-12-13-9/h3-4,11H,5-8H2,1-2H3,(H,12,13). The Kier molecular flexibility index (Phi) is 2.56. The summed E-state index contributed by atoms with van der Waals surface area (Å²) < 4.78 is 0. The van der Waals surface area contributed by atoms with E-state index in [9.17, 15) is 0 Å². The summed E-state index contributed by atoms with van der Waals surface area (Å²) in [5, 5.41) is 10.5. The second-order valence-corrected chi connectivity index (χ2v) is 4.60. The maximum absolute atomic E-state index is 3.96. The van der Waals surface area contributed by atoms with Gasteiger partial charge in [-0.05, 0) is 19.9 Å². The number of nitrogens with one attached hydrogen (secondary N) is 2. The highest BCUT2D eigenvalue weighted by Crippen LogP contribution is 2.12. The molecule has 0 spiro atoms. The van der Waals surface area contributed by atoms with Crippen LogP contribution in [0, 0.1) is 0 Å². The predicted octanol–water partition coefficient (Wildman–Crippen LogP) is 0.594. The number of hydrogen-bond donors (Lipinski definition) is 2. The number of hydrogen-bond acceptors (Lipinski definition) is 3. The molecule has 4 nitrogen and oxygen atoms in total. The molecular weight excluding hydrogens is 176 g/mol. The monoisotopic (exact) mass is 194 g/mol. The van der Waals surface area contributed by atoms with Gasteiger partial charge in [-0.2, -0.15) is 5.10 Å². The van der Waals surface area contributed by atoms with Crippen LogP contribution >= 0.6 is 0 Å². The second-order valence-electron chi connectivity index (χ2n) is 4.60. The van der Waals surface area contributed by atoms with Crippen LogP contribution in [0.5, 0.6) is 0 Å². The van der Waals surface area contributed by atoms with Gasteiger partial charge in [0, 0.05) is 43.6 Å². The summed E-state index contributed by atoms with van der Waals surface area (Å²) in [7, 11) is 0. The van der Waals surface area contributed by atoms with Crippen LogP contribution in [0.25, 0.3) is 0 Å². The van der Waals surface area contributed by atoms with E-state index in [1.165, 1.54) is 5.69 Å². The van der Waals surface area contributed by atoms with Crippen molar-refractivity contribution in [2.75, 3.05) is 19.6 Å². The molecule has 2 heterocycles. The molecule has 1 fully saturated rings. The first-order valence-electron chi connectivity index (χ1n) is 5.11. The van der Waals surface area contributed by atoms with Gasteiger partial charge < -0.3 is 5.32 Å².